The molecule has 2 rings (SSSR count). The molecule has 0 saturated heterocycles. The van der Waals surface area contributed by atoms with Crippen LogP contribution in [0, 0.1) is 12.8 Å². The Kier molecular flexibility index (Phi) is 4.22. The van der Waals surface area contributed by atoms with Gasteiger partial charge < -0.3 is 16.2 Å². The van der Waals surface area contributed by atoms with E-state index in [1.165, 1.54) is 6.07 Å². The van der Waals surface area contributed by atoms with Crippen molar-refractivity contribution in [1.29, 1.82) is 0 Å². The van der Waals surface area contributed by atoms with Gasteiger partial charge in [0.05, 0.1) is 4.90 Å². The summed E-state index contributed by atoms with van der Waals surface area (Å²) in [6.45, 7) is 1.82. The smallest absolute Gasteiger partial charge is 0.238 e. The second-order valence-corrected chi connectivity index (χ2v) is 6.89. The normalized spacial score (nSPS) is 22.9. The SMILES string of the molecule is Cc1c(NC2CCCC2CO)cc(N)cc1S(N)(=O)=O. The van der Waals surface area contributed by atoms with Gasteiger partial charge in [0.25, 0.3) is 0 Å². The zero-order valence-electron chi connectivity index (χ0n) is 11.5. The van der Waals surface area contributed by atoms with Gasteiger partial charge in [-0.15, -0.1) is 0 Å². The fraction of sp³-hybridized carbons (Fsp3) is 0.538. The molecular formula is C13H21N3O3S. The van der Waals surface area contributed by atoms with Gasteiger partial charge in [0.15, 0.2) is 0 Å². The van der Waals surface area contributed by atoms with E-state index < -0.39 is 10.0 Å². The number of rotatable bonds is 4. The number of nitrogens with one attached hydrogen (secondary N) is 1. The predicted octanol–water partition coefficient (Wildman–Crippen LogP) is 0.798. The fourth-order valence-electron chi connectivity index (χ4n) is 2.80. The molecule has 1 saturated carbocycles. The highest BCUT2D eigenvalue weighted by atomic mass is 32.2. The predicted molar refractivity (Wildman–Crippen MR) is 78.8 cm³/mol. The number of nitrogen functional groups attached to an aromatic ring is 1. The van der Waals surface area contributed by atoms with Gasteiger partial charge in [0.2, 0.25) is 10.0 Å². The molecule has 112 valence electrons. The lowest BCUT2D eigenvalue weighted by molar-refractivity contribution is 0.222. The van der Waals surface area contributed by atoms with Crippen LogP contribution < -0.4 is 16.2 Å². The fourth-order valence-corrected chi connectivity index (χ4v) is 3.64. The molecule has 0 bridgehead atoms. The van der Waals surface area contributed by atoms with Crippen LogP contribution in [0.25, 0.3) is 0 Å². The quantitative estimate of drug-likeness (QED) is 0.613. The van der Waals surface area contributed by atoms with Crippen LogP contribution in [0.1, 0.15) is 24.8 Å². The minimum absolute atomic E-state index is 0.0403. The summed E-state index contributed by atoms with van der Waals surface area (Å²) in [5.41, 5.74) is 7.33. The monoisotopic (exact) mass is 299 g/mol. The number of hydrogen-bond acceptors (Lipinski definition) is 5. The zero-order chi connectivity index (χ0) is 14.9. The molecule has 2 atom stereocenters. The lowest BCUT2D eigenvalue weighted by Crippen LogP contribution is -2.27. The van der Waals surface area contributed by atoms with Gasteiger partial charge in [-0.3, -0.25) is 0 Å². The van der Waals surface area contributed by atoms with Crippen molar-refractivity contribution in [3.05, 3.63) is 17.7 Å². The number of sulfonamides is 1. The maximum Gasteiger partial charge on any atom is 0.238 e. The maximum absolute atomic E-state index is 11.6. The molecule has 0 radical (unpaired) electrons. The van der Waals surface area contributed by atoms with E-state index in [0.29, 0.717) is 16.9 Å². The van der Waals surface area contributed by atoms with Crippen LogP contribution in [0.3, 0.4) is 0 Å². The van der Waals surface area contributed by atoms with E-state index in [4.69, 9.17) is 10.9 Å². The Bertz CT molecular complexity index is 601. The molecule has 1 aliphatic carbocycles. The van der Waals surface area contributed by atoms with Crippen molar-refractivity contribution in [2.45, 2.75) is 37.1 Å². The number of aliphatic hydroxyl groups excluding tert-OH is 1. The summed E-state index contributed by atoms with van der Waals surface area (Å²) in [7, 11) is -3.80. The highest BCUT2D eigenvalue weighted by Gasteiger charge is 2.27. The molecule has 0 amide bonds. The Hall–Kier alpha value is -1.31. The average Bonchev–Trinajstić information content (AvgIpc) is 2.79. The molecule has 2 unspecified atom stereocenters. The summed E-state index contributed by atoms with van der Waals surface area (Å²) < 4.78 is 23.1. The lowest BCUT2D eigenvalue weighted by atomic mass is 10.0. The molecule has 1 fully saturated rings. The lowest BCUT2D eigenvalue weighted by Gasteiger charge is -2.22. The molecule has 1 aromatic rings. The number of hydrogen-bond donors (Lipinski definition) is 4. The van der Waals surface area contributed by atoms with Gasteiger partial charge in [-0.1, -0.05) is 6.42 Å². The van der Waals surface area contributed by atoms with Crippen LogP contribution in [0.15, 0.2) is 17.0 Å². The summed E-state index contributed by atoms with van der Waals surface area (Å²) in [6, 6.07) is 3.21. The highest BCUT2D eigenvalue weighted by molar-refractivity contribution is 7.89. The number of aliphatic hydroxyl groups is 1. The van der Waals surface area contributed by atoms with Gasteiger partial charge in [-0.05, 0) is 37.5 Å². The summed E-state index contributed by atoms with van der Waals surface area (Å²) in [4.78, 5) is 0.0403. The topological polar surface area (TPSA) is 118 Å². The van der Waals surface area contributed by atoms with E-state index in [0.717, 1.165) is 19.3 Å². The van der Waals surface area contributed by atoms with Crippen molar-refractivity contribution in [2.24, 2.45) is 11.1 Å². The summed E-state index contributed by atoms with van der Waals surface area (Å²) in [6.07, 6.45) is 2.97. The molecular weight excluding hydrogens is 278 g/mol. The molecule has 1 aromatic carbocycles. The van der Waals surface area contributed by atoms with Crippen molar-refractivity contribution in [3.63, 3.8) is 0 Å². The molecule has 7 heteroatoms. The van der Waals surface area contributed by atoms with Gasteiger partial charge in [0, 0.05) is 29.9 Å². The van der Waals surface area contributed by atoms with Crippen LogP contribution >= 0.6 is 0 Å². The molecule has 6 N–H and O–H groups in total. The minimum Gasteiger partial charge on any atom is -0.399 e. The third-order valence-corrected chi connectivity index (χ3v) is 4.96. The molecule has 1 aliphatic rings. The van der Waals surface area contributed by atoms with Crippen LogP contribution in [-0.4, -0.2) is 26.2 Å². The summed E-state index contributed by atoms with van der Waals surface area (Å²) in [5.74, 6) is 0.189. The number of nitrogens with two attached hydrogens (primary N) is 2. The van der Waals surface area contributed by atoms with Crippen molar-refractivity contribution in [2.75, 3.05) is 17.7 Å². The third kappa shape index (κ3) is 3.05. The van der Waals surface area contributed by atoms with E-state index in [9.17, 15) is 13.5 Å². The Morgan fingerprint density at radius 1 is 1.40 bits per heavy atom. The Morgan fingerprint density at radius 3 is 2.70 bits per heavy atom. The maximum atomic E-state index is 11.6. The van der Waals surface area contributed by atoms with Gasteiger partial charge in [0.1, 0.15) is 0 Å². The molecule has 0 aliphatic heterocycles. The van der Waals surface area contributed by atoms with Crippen molar-refractivity contribution in [3.8, 4) is 0 Å². The van der Waals surface area contributed by atoms with Crippen LogP contribution in [0.4, 0.5) is 11.4 Å². The Labute approximate surface area is 119 Å². The average molecular weight is 299 g/mol. The highest BCUT2D eigenvalue weighted by Crippen LogP contribution is 2.32. The van der Waals surface area contributed by atoms with E-state index in [1.54, 1.807) is 13.0 Å². The Balaban J connectivity index is 2.35. The van der Waals surface area contributed by atoms with Crippen molar-refractivity contribution >= 4 is 21.4 Å². The largest absolute Gasteiger partial charge is 0.399 e. The molecule has 6 nitrogen and oxygen atoms in total. The molecule has 0 spiro atoms. The van der Waals surface area contributed by atoms with E-state index in [-0.39, 0.29) is 23.5 Å². The van der Waals surface area contributed by atoms with Gasteiger partial charge >= 0.3 is 0 Å². The van der Waals surface area contributed by atoms with Gasteiger partial charge in [-0.2, -0.15) is 0 Å². The summed E-state index contributed by atoms with van der Waals surface area (Å²) in [5, 5.41) is 17.9. The molecule has 0 aromatic heterocycles. The van der Waals surface area contributed by atoms with Gasteiger partial charge in [-0.25, -0.2) is 13.6 Å². The zero-order valence-corrected chi connectivity index (χ0v) is 12.3. The van der Waals surface area contributed by atoms with Crippen LogP contribution in [0.5, 0.6) is 0 Å². The van der Waals surface area contributed by atoms with Crippen molar-refractivity contribution < 1.29 is 13.5 Å². The second kappa shape index (κ2) is 5.59. The Morgan fingerprint density at radius 2 is 2.10 bits per heavy atom. The molecule has 20 heavy (non-hydrogen) atoms. The third-order valence-electron chi connectivity index (χ3n) is 3.92. The minimum atomic E-state index is -3.80. The number of anilines is 2. The first-order valence-corrected chi connectivity index (χ1v) is 8.18. The van der Waals surface area contributed by atoms with E-state index in [1.807, 2.05) is 0 Å². The number of benzene rings is 1. The van der Waals surface area contributed by atoms with Crippen molar-refractivity contribution in [1.82, 2.24) is 0 Å². The van der Waals surface area contributed by atoms with E-state index in [2.05, 4.69) is 5.32 Å². The molecule has 0 heterocycles. The first kappa shape index (κ1) is 15.1. The first-order valence-electron chi connectivity index (χ1n) is 6.63. The van der Waals surface area contributed by atoms with Crippen LogP contribution in [0.2, 0.25) is 0 Å². The second-order valence-electron chi connectivity index (χ2n) is 5.36. The van der Waals surface area contributed by atoms with Crippen LogP contribution in [-0.2, 0) is 10.0 Å². The van der Waals surface area contributed by atoms with E-state index >= 15 is 0 Å². The first-order chi connectivity index (χ1) is 9.32. The standard InChI is InChI=1S/C13H21N3O3S/c1-8-12(16-11-4-2-3-9(11)7-17)5-10(14)6-13(8)20(15,18)19/h5-6,9,11,16-17H,2-4,7,14H2,1H3,(H2,15,18,19). The number of primary sulfonamides is 1. The summed E-state index contributed by atoms with van der Waals surface area (Å²) >= 11 is 0.